The molecule has 2 rings (SSSR count). The van der Waals surface area contributed by atoms with Crippen LogP contribution in [0.1, 0.15) is 35.3 Å². The van der Waals surface area contributed by atoms with Crippen LogP contribution in [0.15, 0.2) is 18.2 Å². The average molecular weight is 381 g/mol. The molecule has 1 aromatic carbocycles. The highest BCUT2D eigenvalue weighted by atomic mass is 32.1. The minimum atomic E-state index is -1.29. The third-order valence-electron chi connectivity index (χ3n) is 3.41. The highest BCUT2D eigenvalue weighted by molar-refractivity contribution is 7.11. The van der Waals surface area contributed by atoms with Gasteiger partial charge in [0.05, 0.1) is 0 Å². The summed E-state index contributed by atoms with van der Waals surface area (Å²) in [5, 5.41) is 14.5. The van der Waals surface area contributed by atoms with E-state index < -0.39 is 17.8 Å². The fourth-order valence-electron chi connectivity index (χ4n) is 2.06. The molecule has 1 aromatic heterocycles. The molecule has 26 heavy (non-hydrogen) atoms. The summed E-state index contributed by atoms with van der Waals surface area (Å²) in [5.74, 6) is -1.62. The molecule has 7 nitrogen and oxygen atoms in total. The Balaban J connectivity index is 2.12. The summed E-state index contributed by atoms with van der Waals surface area (Å²) in [6, 6.07) is 4.33. The van der Waals surface area contributed by atoms with Gasteiger partial charge in [0.1, 0.15) is 17.4 Å². The van der Waals surface area contributed by atoms with E-state index in [4.69, 9.17) is 4.74 Å². The Kier molecular flexibility index (Phi) is 6.51. The number of halogens is 1. The molecular weight excluding hydrogens is 361 g/mol. The summed E-state index contributed by atoms with van der Waals surface area (Å²) >= 11 is 0.788. The van der Waals surface area contributed by atoms with Gasteiger partial charge in [0.2, 0.25) is 5.88 Å². The number of nitrogens with zero attached hydrogens (tertiary/aromatic N) is 1. The molecule has 0 fully saturated rings. The van der Waals surface area contributed by atoms with E-state index in [0.29, 0.717) is 17.7 Å². The van der Waals surface area contributed by atoms with Crippen molar-refractivity contribution < 1.29 is 23.8 Å². The van der Waals surface area contributed by atoms with Crippen LogP contribution >= 0.6 is 11.5 Å². The number of hydrogen-bond donors (Lipinski definition) is 3. The Bertz CT molecular complexity index is 807. The predicted molar refractivity (Wildman–Crippen MR) is 96.4 cm³/mol. The van der Waals surface area contributed by atoms with Gasteiger partial charge in [0.15, 0.2) is 5.56 Å². The first-order valence-electron chi connectivity index (χ1n) is 7.94. The number of aryl methyl sites for hydroxylation is 1. The van der Waals surface area contributed by atoms with Crippen molar-refractivity contribution in [1.29, 1.82) is 0 Å². The predicted octanol–water partition coefficient (Wildman–Crippen LogP) is 3.65. The number of rotatable bonds is 7. The summed E-state index contributed by atoms with van der Waals surface area (Å²) in [5.41, 5.74) is 0.494. The van der Waals surface area contributed by atoms with E-state index in [-0.39, 0.29) is 29.0 Å². The Morgan fingerprint density at radius 2 is 2.12 bits per heavy atom. The van der Waals surface area contributed by atoms with Crippen molar-refractivity contribution >= 4 is 28.5 Å². The van der Waals surface area contributed by atoms with Gasteiger partial charge in [-0.25, -0.2) is 14.0 Å². The lowest BCUT2D eigenvalue weighted by Gasteiger charge is -2.09. The van der Waals surface area contributed by atoms with Crippen LogP contribution in [-0.4, -0.2) is 28.0 Å². The van der Waals surface area contributed by atoms with E-state index in [1.807, 2.05) is 13.8 Å². The number of benzene rings is 1. The second-order valence-corrected chi connectivity index (χ2v) is 6.84. The molecule has 2 aromatic rings. The molecule has 2 amide bonds. The van der Waals surface area contributed by atoms with E-state index >= 15 is 0 Å². The zero-order valence-corrected chi connectivity index (χ0v) is 15.4. The number of aromatic nitrogens is 1. The van der Waals surface area contributed by atoms with Crippen LogP contribution in [0.5, 0.6) is 5.88 Å². The van der Waals surface area contributed by atoms with Gasteiger partial charge >= 0.3 is 12.0 Å². The molecule has 0 unspecified atom stereocenters. The fraction of sp³-hybridized carbons (Fsp3) is 0.353. The van der Waals surface area contributed by atoms with Gasteiger partial charge in [-0.05, 0) is 29.9 Å². The molecule has 0 spiro atoms. The number of carboxylic acid groups (broad SMARTS) is 1. The Morgan fingerprint density at radius 1 is 1.38 bits per heavy atom. The summed E-state index contributed by atoms with van der Waals surface area (Å²) in [6.07, 6.45) is 0. The largest absolute Gasteiger partial charge is 0.477 e. The summed E-state index contributed by atoms with van der Waals surface area (Å²) in [6.45, 7) is 5.78. The number of nitrogens with one attached hydrogen (secondary N) is 2. The molecule has 0 aliphatic rings. The number of carboxylic acids is 1. The molecule has 3 N–H and O–H groups in total. The van der Waals surface area contributed by atoms with Crippen LogP contribution in [-0.2, 0) is 6.61 Å². The number of carbonyl (C=O) groups excluding carboxylic acids is 1. The van der Waals surface area contributed by atoms with Crippen LogP contribution in [0.25, 0.3) is 0 Å². The topological polar surface area (TPSA) is 101 Å². The van der Waals surface area contributed by atoms with Crippen molar-refractivity contribution in [3.63, 3.8) is 0 Å². The normalized spacial score (nSPS) is 10.7. The van der Waals surface area contributed by atoms with Gasteiger partial charge < -0.3 is 15.2 Å². The van der Waals surface area contributed by atoms with Crippen molar-refractivity contribution in [3.05, 3.63) is 40.7 Å². The van der Waals surface area contributed by atoms with Gasteiger partial charge in [-0.3, -0.25) is 5.32 Å². The number of ether oxygens (including phenoxy) is 1. The molecule has 1 heterocycles. The first kappa shape index (κ1) is 19.6. The number of hydrogen-bond acceptors (Lipinski definition) is 5. The monoisotopic (exact) mass is 381 g/mol. The van der Waals surface area contributed by atoms with Gasteiger partial charge in [-0.2, -0.15) is 4.37 Å². The zero-order valence-electron chi connectivity index (χ0n) is 14.6. The molecule has 0 atom stereocenters. The maximum Gasteiger partial charge on any atom is 0.344 e. The van der Waals surface area contributed by atoms with Crippen molar-refractivity contribution in [2.24, 2.45) is 5.92 Å². The molecule has 0 radical (unpaired) electrons. The molecule has 0 saturated carbocycles. The standard InChI is InChI=1S/C17H20FN3O4S/c1-9(2)7-19-17(24)20-15-12(16(22)23)14(21-26-15)25-8-11-6-4-5-10(3)13(11)18/h4-6,9H,7-8H2,1-3H3,(H,22,23)(H2,19,20,24). The van der Waals surface area contributed by atoms with Gasteiger partial charge in [-0.1, -0.05) is 32.0 Å². The number of aromatic carboxylic acids is 1. The maximum absolute atomic E-state index is 14.0. The first-order valence-corrected chi connectivity index (χ1v) is 8.71. The minimum Gasteiger partial charge on any atom is -0.477 e. The SMILES string of the molecule is Cc1cccc(COc2nsc(NC(=O)NCC(C)C)c2C(=O)O)c1F. The molecule has 140 valence electrons. The summed E-state index contributed by atoms with van der Waals surface area (Å²) in [4.78, 5) is 23.4. The van der Waals surface area contributed by atoms with E-state index in [9.17, 15) is 19.1 Å². The molecule has 0 bridgehead atoms. The second kappa shape index (κ2) is 8.61. The Hall–Kier alpha value is -2.68. The minimum absolute atomic E-state index is 0.0541. The number of anilines is 1. The van der Waals surface area contributed by atoms with Crippen LogP contribution in [0.3, 0.4) is 0 Å². The Labute approximate surface area is 154 Å². The molecule has 0 saturated heterocycles. The van der Waals surface area contributed by atoms with Crippen LogP contribution < -0.4 is 15.4 Å². The third-order valence-corrected chi connectivity index (χ3v) is 4.15. The second-order valence-electron chi connectivity index (χ2n) is 6.06. The maximum atomic E-state index is 14.0. The number of urea groups is 1. The smallest absolute Gasteiger partial charge is 0.344 e. The summed E-state index contributed by atoms with van der Waals surface area (Å²) in [7, 11) is 0. The van der Waals surface area contributed by atoms with Crippen molar-refractivity contribution in [2.75, 3.05) is 11.9 Å². The third kappa shape index (κ3) is 4.92. The van der Waals surface area contributed by atoms with Crippen molar-refractivity contribution in [2.45, 2.75) is 27.4 Å². The van der Waals surface area contributed by atoms with Gasteiger partial charge in [-0.15, -0.1) is 0 Å². The lowest BCUT2D eigenvalue weighted by molar-refractivity contribution is 0.0693. The van der Waals surface area contributed by atoms with Crippen molar-refractivity contribution in [1.82, 2.24) is 9.69 Å². The molecule has 9 heteroatoms. The van der Waals surface area contributed by atoms with Crippen LogP contribution in [0.2, 0.25) is 0 Å². The van der Waals surface area contributed by atoms with Gasteiger partial charge in [0.25, 0.3) is 0 Å². The highest BCUT2D eigenvalue weighted by Crippen LogP contribution is 2.31. The molecular formula is C17H20FN3O4S. The van der Waals surface area contributed by atoms with Crippen molar-refractivity contribution in [3.8, 4) is 5.88 Å². The average Bonchev–Trinajstić information content (AvgIpc) is 2.97. The zero-order chi connectivity index (χ0) is 19.3. The van der Waals surface area contributed by atoms with Crippen LogP contribution in [0.4, 0.5) is 14.2 Å². The number of amides is 2. The van der Waals surface area contributed by atoms with E-state index in [2.05, 4.69) is 15.0 Å². The lowest BCUT2D eigenvalue weighted by Crippen LogP contribution is -2.31. The quantitative estimate of drug-likeness (QED) is 0.680. The number of carbonyl (C=O) groups is 2. The van der Waals surface area contributed by atoms with Gasteiger partial charge in [0, 0.05) is 12.1 Å². The lowest BCUT2D eigenvalue weighted by atomic mass is 10.1. The first-order chi connectivity index (χ1) is 12.3. The fourth-order valence-corrected chi connectivity index (χ4v) is 2.78. The Morgan fingerprint density at radius 3 is 2.77 bits per heavy atom. The van der Waals surface area contributed by atoms with E-state index in [1.165, 1.54) is 0 Å². The van der Waals surface area contributed by atoms with E-state index in [0.717, 1.165) is 11.5 Å². The van der Waals surface area contributed by atoms with E-state index in [1.54, 1.807) is 25.1 Å². The highest BCUT2D eigenvalue weighted by Gasteiger charge is 2.23. The summed E-state index contributed by atoms with van der Waals surface area (Å²) < 4.78 is 23.3. The molecule has 0 aliphatic heterocycles. The molecule has 0 aliphatic carbocycles. The van der Waals surface area contributed by atoms with Crippen LogP contribution in [0, 0.1) is 18.7 Å².